The zero-order chi connectivity index (χ0) is 20.7. The first-order chi connectivity index (χ1) is 14.6. The first-order valence-corrected chi connectivity index (χ1v) is 11.8. The lowest BCUT2D eigenvalue weighted by Gasteiger charge is -2.45. The number of rotatable bonds is 4. The second-order valence-electron chi connectivity index (χ2n) is 9.87. The van der Waals surface area contributed by atoms with Crippen molar-refractivity contribution in [3.8, 4) is 5.75 Å². The highest BCUT2D eigenvalue weighted by Crippen LogP contribution is 2.36. The predicted octanol–water partition coefficient (Wildman–Crippen LogP) is 4.96. The Morgan fingerprint density at radius 3 is 2.71 bits per heavy atom. The summed E-state index contributed by atoms with van der Waals surface area (Å²) in [6, 6.07) is 6.13. The van der Waals surface area contributed by atoms with Gasteiger partial charge in [0.1, 0.15) is 5.75 Å². The number of aromatic nitrogens is 1. The van der Waals surface area contributed by atoms with Crippen LogP contribution in [0.15, 0.2) is 24.4 Å². The number of fused-ring (bicyclic) bond motifs is 2. The molecule has 0 radical (unpaired) electrons. The molecule has 0 bridgehead atoms. The van der Waals surface area contributed by atoms with Crippen molar-refractivity contribution in [1.82, 2.24) is 14.4 Å². The van der Waals surface area contributed by atoms with Crippen LogP contribution < -0.4 is 4.74 Å². The molecular formula is C25H36ClN3O2. The Kier molecular flexibility index (Phi) is 6.55. The third-order valence-electron chi connectivity index (χ3n) is 7.86. The SMILES string of the molecule is COc1cccc2c(C(=O)N3CCN4CCC[C@@]4(C)C3)cn(CC3CCCCC3)c12.Cl. The van der Waals surface area contributed by atoms with Gasteiger partial charge in [-0.25, -0.2) is 0 Å². The van der Waals surface area contributed by atoms with Crippen LogP contribution in [0.25, 0.3) is 10.9 Å². The molecule has 0 unspecified atom stereocenters. The number of benzene rings is 1. The number of hydrogen-bond acceptors (Lipinski definition) is 3. The number of halogens is 1. The summed E-state index contributed by atoms with van der Waals surface area (Å²) in [4.78, 5) is 18.4. The topological polar surface area (TPSA) is 37.7 Å². The number of methoxy groups -OCH3 is 1. The molecule has 0 spiro atoms. The molecule has 5 nitrogen and oxygen atoms in total. The van der Waals surface area contributed by atoms with Gasteiger partial charge < -0.3 is 14.2 Å². The molecule has 2 saturated heterocycles. The van der Waals surface area contributed by atoms with E-state index >= 15 is 0 Å². The lowest BCUT2D eigenvalue weighted by atomic mass is 9.89. The Balaban J connectivity index is 0.00000231. The van der Waals surface area contributed by atoms with Crippen LogP contribution in [0.4, 0.5) is 0 Å². The Labute approximate surface area is 192 Å². The molecule has 1 aliphatic carbocycles. The van der Waals surface area contributed by atoms with Crippen LogP contribution in [0.1, 0.15) is 62.2 Å². The number of carbonyl (C=O) groups is 1. The fraction of sp³-hybridized carbons (Fsp3) is 0.640. The van der Waals surface area contributed by atoms with Crippen LogP contribution in [0, 0.1) is 5.92 Å². The van der Waals surface area contributed by atoms with Crippen molar-refractivity contribution in [3.63, 3.8) is 0 Å². The van der Waals surface area contributed by atoms with E-state index in [9.17, 15) is 4.79 Å². The normalized spacial score (nSPS) is 24.8. The minimum atomic E-state index is 0. The van der Waals surface area contributed by atoms with E-state index < -0.39 is 0 Å². The van der Waals surface area contributed by atoms with Gasteiger partial charge in [-0.15, -0.1) is 12.4 Å². The summed E-state index contributed by atoms with van der Waals surface area (Å²) in [5.41, 5.74) is 2.07. The van der Waals surface area contributed by atoms with Gasteiger partial charge >= 0.3 is 0 Å². The highest BCUT2D eigenvalue weighted by molar-refractivity contribution is 6.08. The van der Waals surface area contributed by atoms with Crippen molar-refractivity contribution >= 4 is 29.2 Å². The number of para-hydroxylation sites is 1. The van der Waals surface area contributed by atoms with Crippen molar-refractivity contribution in [2.45, 2.75) is 64.0 Å². The largest absolute Gasteiger partial charge is 0.495 e. The van der Waals surface area contributed by atoms with Crippen molar-refractivity contribution in [1.29, 1.82) is 0 Å². The zero-order valence-corrected chi connectivity index (χ0v) is 19.8. The Morgan fingerprint density at radius 1 is 1.13 bits per heavy atom. The van der Waals surface area contributed by atoms with E-state index in [1.54, 1.807) is 7.11 Å². The quantitative estimate of drug-likeness (QED) is 0.667. The van der Waals surface area contributed by atoms with Crippen LogP contribution in [0.5, 0.6) is 5.75 Å². The van der Waals surface area contributed by atoms with Gasteiger partial charge in [0.2, 0.25) is 0 Å². The van der Waals surface area contributed by atoms with E-state index in [0.717, 1.165) is 48.4 Å². The van der Waals surface area contributed by atoms with E-state index in [-0.39, 0.29) is 23.9 Å². The van der Waals surface area contributed by atoms with Crippen molar-refractivity contribution in [3.05, 3.63) is 30.0 Å². The predicted molar refractivity (Wildman–Crippen MR) is 127 cm³/mol. The van der Waals surface area contributed by atoms with Gasteiger partial charge in [-0.05, 0) is 51.1 Å². The second-order valence-corrected chi connectivity index (χ2v) is 9.87. The third kappa shape index (κ3) is 4.07. The highest BCUT2D eigenvalue weighted by Gasteiger charge is 2.42. The zero-order valence-electron chi connectivity index (χ0n) is 18.9. The van der Waals surface area contributed by atoms with Crippen molar-refractivity contribution < 1.29 is 9.53 Å². The maximum Gasteiger partial charge on any atom is 0.256 e. The summed E-state index contributed by atoms with van der Waals surface area (Å²) in [6.45, 7) is 7.14. The molecule has 31 heavy (non-hydrogen) atoms. The molecular weight excluding hydrogens is 410 g/mol. The summed E-state index contributed by atoms with van der Waals surface area (Å²) >= 11 is 0. The molecule has 2 aliphatic heterocycles. The fourth-order valence-corrected chi connectivity index (χ4v) is 6.17. The standard InChI is InChI=1S/C25H35N3O2.ClH/c1-25-12-7-13-28(25)15-14-26(18-25)24(29)21-17-27(16-19-8-4-3-5-9-19)23-20(21)10-6-11-22(23)30-2;/h6,10-11,17,19H,3-5,7-9,12-16,18H2,1-2H3;1H/t25-;/m0./s1. The van der Waals surface area contributed by atoms with Gasteiger partial charge in [0, 0.05) is 43.3 Å². The van der Waals surface area contributed by atoms with Gasteiger partial charge in [0.05, 0.1) is 18.2 Å². The first-order valence-electron chi connectivity index (χ1n) is 11.8. The minimum Gasteiger partial charge on any atom is -0.495 e. The number of nitrogens with zero attached hydrogens (tertiary/aromatic N) is 3. The van der Waals surface area contributed by atoms with Gasteiger partial charge in [-0.1, -0.05) is 31.4 Å². The average Bonchev–Trinajstić information content (AvgIpc) is 3.33. The van der Waals surface area contributed by atoms with Crippen LogP contribution in [-0.4, -0.2) is 59.1 Å². The molecule has 3 heterocycles. The molecule has 6 heteroatoms. The smallest absolute Gasteiger partial charge is 0.256 e. The molecule has 1 atom stereocenters. The molecule has 2 aromatic rings. The summed E-state index contributed by atoms with van der Waals surface area (Å²) in [5.74, 6) is 1.75. The Bertz CT molecular complexity index is 936. The van der Waals surface area contributed by atoms with Crippen LogP contribution >= 0.6 is 12.4 Å². The molecule has 5 rings (SSSR count). The summed E-state index contributed by atoms with van der Waals surface area (Å²) in [5, 5.41) is 1.04. The third-order valence-corrected chi connectivity index (χ3v) is 7.86. The van der Waals surface area contributed by atoms with Gasteiger partial charge in [-0.2, -0.15) is 0 Å². The van der Waals surface area contributed by atoms with E-state index in [1.165, 1.54) is 51.5 Å². The number of amides is 1. The lowest BCUT2D eigenvalue weighted by molar-refractivity contribution is 0.0312. The van der Waals surface area contributed by atoms with Crippen molar-refractivity contribution in [2.75, 3.05) is 33.3 Å². The molecule has 3 aliphatic rings. The summed E-state index contributed by atoms with van der Waals surface area (Å²) in [7, 11) is 1.73. The summed E-state index contributed by atoms with van der Waals surface area (Å²) in [6.07, 6.45) is 11.2. The average molecular weight is 446 g/mol. The first kappa shape index (κ1) is 22.5. The van der Waals surface area contributed by atoms with Crippen LogP contribution in [0.2, 0.25) is 0 Å². The monoisotopic (exact) mass is 445 g/mol. The summed E-state index contributed by atoms with van der Waals surface area (Å²) < 4.78 is 8.03. The lowest BCUT2D eigenvalue weighted by Crippen LogP contribution is -2.58. The highest BCUT2D eigenvalue weighted by atomic mass is 35.5. The molecule has 0 N–H and O–H groups in total. The molecule has 170 valence electrons. The van der Waals surface area contributed by atoms with Crippen molar-refractivity contribution in [2.24, 2.45) is 5.92 Å². The second kappa shape index (κ2) is 9.03. The maximum absolute atomic E-state index is 13.7. The van der Waals surface area contributed by atoms with Gasteiger partial charge in [0.15, 0.2) is 0 Å². The van der Waals surface area contributed by atoms with Crippen LogP contribution in [0.3, 0.4) is 0 Å². The van der Waals surface area contributed by atoms with Gasteiger partial charge in [0.25, 0.3) is 5.91 Å². The van der Waals surface area contributed by atoms with Gasteiger partial charge in [-0.3, -0.25) is 9.69 Å². The van der Waals surface area contributed by atoms with E-state index in [4.69, 9.17) is 4.74 Å². The van der Waals surface area contributed by atoms with E-state index in [0.29, 0.717) is 5.92 Å². The molecule has 1 aromatic heterocycles. The maximum atomic E-state index is 13.7. The Hall–Kier alpha value is -1.72. The molecule has 3 fully saturated rings. The number of ether oxygens (including phenoxy) is 1. The fourth-order valence-electron chi connectivity index (χ4n) is 6.17. The van der Waals surface area contributed by atoms with Crippen LogP contribution in [-0.2, 0) is 6.54 Å². The molecule has 1 saturated carbocycles. The van der Waals surface area contributed by atoms with E-state index in [1.807, 2.05) is 12.1 Å². The number of carbonyl (C=O) groups excluding carboxylic acids is 1. The molecule has 1 aromatic carbocycles. The number of piperazine rings is 1. The van der Waals surface area contributed by atoms with E-state index in [2.05, 4.69) is 33.6 Å². The Morgan fingerprint density at radius 2 is 1.94 bits per heavy atom. The number of hydrogen-bond donors (Lipinski definition) is 0. The minimum absolute atomic E-state index is 0. The molecule has 1 amide bonds.